The molecule has 0 aliphatic carbocycles. The van der Waals surface area contributed by atoms with Crippen molar-refractivity contribution in [2.75, 3.05) is 13.7 Å². The molecule has 1 atom stereocenters. The molecule has 0 aromatic carbocycles. The third-order valence-electron chi connectivity index (χ3n) is 1.99. The van der Waals surface area contributed by atoms with Crippen molar-refractivity contribution in [3.8, 4) is 5.88 Å². The van der Waals surface area contributed by atoms with Crippen LogP contribution in [-0.4, -0.2) is 23.2 Å². The summed E-state index contributed by atoms with van der Waals surface area (Å²) in [4.78, 5) is 0.745. The van der Waals surface area contributed by atoms with Crippen LogP contribution in [0, 0.1) is 0 Å². The number of aromatic nitrogens is 1. The van der Waals surface area contributed by atoms with Crippen LogP contribution in [-0.2, 0) is 4.74 Å². The van der Waals surface area contributed by atoms with Crippen molar-refractivity contribution in [3.05, 3.63) is 22.8 Å². The summed E-state index contributed by atoms with van der Waals surface area (Å²) in [5, 5.41) is 9.85. The highest BCUT2D eigenvalue weighted by molar-refractivity contribution is 7.06. The molecule has 0 amide bonds. The third-order valence-corrected chi connectivity index (χ3v) is 2.81. The van der Waals surface area contributed by atoms with Gasteiger partial charge in [0, 0.05) is 12.5 Å². The number of hydrogen-bond acceptors (Lipinski definition) is 5. The van der Waals surface area contributed by atoms with Gasteiger partial charge < -0.3 is 14.6 Å². The summed E-state index contributed by atoms with van der Waals surface area (Å²) in [5.41, 5.74) is 0. The number of aliphatic hydroxyl groups excluding tert-OH is 1. The summed E-state index contributed by atoms with van der Waals surface area (Å²) in [5.74, 6) is 1.15. The highest BCUT2D eigenvalue weighted by atomic mass is 32.1. The van der Waals surface area contributed by atoms with Crippen molar-refractivity contribution >= 4 is 11.5 Å². The van der Waals surface area contributed by atoms with Gasteiger partial charge in [-0.2, -0.15) is 4.37 Å². The number of hydrogen-bond donors (Lipinski definition) is 1. The van der Waals surface area contributed by atoms with Gasteiger partial charge in [0.25, 0.3) is 0 Å². The van der Waals surface area contributed by atoms with E-state index in [2.05, 4.69) is 4.37 Å². The zero-order valence-electron chi connectivity index (χ0n) is 7.77. The summed E-state index contributed by atoms with van der Waals surface area (Å²) in [6.07, 6.45) is 2.07. The Morgan fingerprint density at radius 1 is 1.71 bits per heavy atom. The van der Waals surface area contributed by atoms with Gasteiger partial charge in [0.05, 0.1) is 18.6 Å². The van der Waals surface area contributed by atoms with Crippen molar-refractivity contribution in [3.63, 3.8) is 0 Å². The quantitative estimate of drug-likeness (QED) is 0.826. The van der Waals surface area contributed by atoms with E-state index in [1.165, 1.54) is 11.5 Å². The Kier molecular flexibility index (Phi) is 2.69. The molecule has 2 rings (SSSR count). The second-order valence-corrected chi connectivity index (χ2v) is 3.75. The Balaban J connectivity index is 2.13. The van der Waals surface area contributed by atoms with Gasteiger partial charge in [0.1, 0.15) is 11.9 Å². The Morgan fingerprint density at radius 3 is 3.14 bits per heavy atom. The molecule has 2 heterocycles. The maximum absolute atomic E-state index is 9.85. The maximum Gasteiger partial charge on any atom is 0.225 e. The van der Waals surface area contributed by atoms with Crippen LogP contribution in [0.25, 0.3) is 0 Å². The van der Waals surface area contributed by atoms with Gasteiger partial charge in [-0.05, 0) is 17.6 Å². The fourth-order valence-electron chi connectivity index (χ4n) is 1.26. The minimum absolute atomic E-state index is 0.530. The minimum atomic E-state index is -0.695. The first-order valence-electron chi connectivity index (χ1n) is 4.33. The van der Waals surface area contributed by atoms with Crippen molar-refractivity contribution in [1.29, 1.82) is 0 Å². The van der Waals surface area contributed by atoms with Crippen LogP contribution < -0.4 is 4.74 Å². The SMILES string of the molecule is COc1cc(C(O)C2=CCCO2)sn1. The Morgan fingerprint density at radius 2 is 2.57 bits per heavy atom. The molecular weight excluding hydrogens is 202 g/mol. The second kappa shape index (κ2) is 3.98. The summed E-state index contributed by atoms with van der Waals surface area (Å²) < 4.78 is 14.2. The zero-order valence-corrected chi connectivity index (χ0v) is 8.58. The molecule has 76 valence electrons. The molecule has 0 bridgehead atoms. The van der Waals surface area contributed by atoms with Gasteiger partial charge in [-0.25, -0.2) is 0 Å². The largest absolute Gasteiger partial charge is 0.495 e. The number of methoxy groups -OCH3 is 1. The van der Waals surface area contributed by atoms with E-state index < -0.39 is 6.10 Å². The van der Waals surface area contributed by atoms with Crippen LogP contribution in [0.15, 0.2) is 17.9 Å². The summed E-state index contributed by atoms with van der Waals surface area (Å²) >= 11 is 1.22. The van der Waals surface area contributed by atoms with E-state index in [4.69, 9.17) is 9.47 Å². The van der Waals surface area contributed by atoms with Gasteiger partial charge in [-0.15, -0.1) is 0 Å². The number of rotatable bonds is 3. The van der Waals surface area contributed by atoms with Crippen LogP contribution in [0.4, 0.5) is 0 Å². The molecule has 1 unspecified atom stereocenters. The standard InChI is InChI=1S/C9H11NO3S/c1-12-8-5-7(14-10-8)9(11)6-3-2-4-13-6/h3,5,9,11H,2,4H2,1H3. The average molecular weight is 213 g/mol. The van der Waals surface area contributed by atoms with Gasteiger partial charge >= 0.3 is 0 Å². The molecule has 0 spiro atoms. The molecule has 0 saturated heterocycles. The summed E-state index contributed by atoms with van der Waals surface area (Å²) in [6, 6.07) is 1.72. The van der Waals surface area contributed by atoms with E-state index in [1.807, 2.05) is 6.08 Å². The monoisotopic (exact) mass is 213 g/mol. The van der Waals surface area contributed by atoms with Crippen LogP contribution in [0.2, 0.25) is 0 Å². The van der Waals surface area contributed by atoms with Crippen molar-refractivity contribution in [2.45, 2.75) is 12.5 Å². The van der Waals surface area contributed by atoms with Crippen LogP contribution in [0.5, 0.6) is 5.88 Å². The predicted octanol–water partition coefficient (Wildman–Crippen LogP) is 1.49. The van der Waals surface area contributed by atoms with Crippen LogP contribution in [0.3, 0.4) is 0 Å². The third kappa shape index (κ3) is 1.73. The van der Waals surface area contributed by atoms with Crippen molar-refractivity contribution in [2.24, 2.45) is 0 Å². The molecule has 1 aromatic heterocycles. The summed E-state index contributed by atoms with van der Waals surface area (Å²) in [6.45, 7) is 0.655. The lowest BCUT2D eigenvalue weighted by Gasteiger charge is -2.08. The highest BCUT2D eigenvalue weighted by Crippen LogP contribution is 2.30. The molecule has 0 saturated carbocycles. The maximum atomic E-state index is 9.85. The first-order chi connectivity index (χ1) is 6.81. The van der Waals surface area contributed by atoms with Crippen molar-refractivity contribution < 1.29 is 14.6 Å². The fourth-order valence-corrected chi connectivity index (χ4v) is 1.96. The van der Waals surface area contributed by atoms with Gasteiger partial charge in [0.2, 0.25) is 5.88 Å². The molecule has 1 aliphatic heterocycles. The Bertz CT molecular complexity index is 348. The molecule has 5 heteroatoms. The molecule has 0 fully saturated rings. The molecule has 0 radical (unpaired) electrons. The van der Waals surface area contributed by atoms with E-state index in [1.54, 1.807) is 13.2 Å². The van der Waals surface area contributed by atoms with E-state index in [0.29, 0.717) is 18.2 Å². The number of aliphatic hydroxyl groups is 1. The normalized spacial score (nSPS) is 17.4. The highest BCUT2D eigenvalue weighted by Gasteiger charge is 2.20. The first kappa shape index (κ1) is 9.48. The van der Waals surface area contributed by atoms with Gasteiger partial charge in [-0.3, -0.25) is 0 Å². The lowest BCUT2D eigenvalue weighted by molar-refractivity contribution is 0.121. The number of ether oxygens (including phenoxy) is 2. The fraction of sp³-hybridized carbons (Fsp3) is 0.444. The summed E-state index contributed by atoms with van der Waals surface area (Å²) in [7, 11) is 1.55. The predicted molar refractivity (Wildman–Crippen MR) is 52.3 cm³/mol. The minimum Gasteiger partial charge on any atom is -0.495 e. The van der Waals surface area contributed by atoms with Gasteiger partial charge in [-0.1, -0.05) is 0 Å². The Hall–Kier alpha value is -1.07. The van der Waals surface area contributed by atoms with E-state index >= 15 is 0 Å². The van der Waals surface area contributed by atoms with E-state index in [9.17, 15) is 5.11 Å². The smallest absolute Gasteiger partial charge is 0.225 e. The van der Waals surface area contributed by atoms with Crippen molar-refractivity contribution in [1.82, 2.24) is 4.37 Å². The Labute approximate surface area is 85.9 Å². The van der Waals surface area contributed by atoms with E-state index in [-0.39, 0.29) is 0 Å². The number of nitrogens with zero attached hydrogens (tertiary/aromatic N) is 1. The lowest BCUT2D eigenvalue weighted by Crippen LogP contribution is -1.99. The first-order valence-corrected chi connectivity index (χ1v) is 5.10. The molecule has 1 aromatic rings. The zero-order chi connectivity index (χ0) is 9.97. The molecule has 1 N–H and O–H groups in total. The molecule has 4 nitrogen and oxygen atoms in total. The molecule has 14 heavy (non-hydrogen) atoms. The van der Waals surface area contributed by atoms with Crippen LogP contribution >= 0.6 is 11.5 Å². The van der Waals surface area contributed by atoms with E-state index in [0.717, 1.165) is 11.3 Å². The average Bonchev–Trinajstić information content (AvgIpc) is 2.88. The molecular formula is C9H11NO3S. The molecule has 1 aliphatic rings. The second-order valence-electron chi connectivity index (χ2n) is 2.92. The topological polar surface area (TPSA) is 51.6 Å². The van der Waals surface area contributed by atoms with Crippen LogP contribution in [0.1, 0.15) is 17.4 Å². The lowest BCUT2D eigenvalue weighted by atomic mass is 10.2. The van der Waals surface area contributed by atoms with Gasteiger partial charge in [0.15, 0.2) is 0 Å².